The van der Waals surface area contributed by atoms with E-state index in [1.54, 1.807) is 19.2 Å². The first kappa shape index (κ1) is 15.4. The molecule has 1 aromatic rings. The van der Waals surface area contributed by atoms with E-state index < -0.39 is 0 Å². The van der Waals surface area contributed by atoms with Crippen molar-refractivity contribution in [2.45, 2.75) is 44.4 Å². The van der Waals surface area contributed by atoms with Crippen molar-refractivity contribution in [3.8, 4) is 0 Å². The SMILES string of the molecule is CCC(N)C(c1cccc(F)c1)N1CCC(OC)CC1. The molecule has 0 bridgehead atoms. The molecule has 0 aliphatic carbocycles. The maximum absolute atomic E-state index is 13.5. The number of nitrogens with two attached hydrogens (primary N) is 1. The minimum atomic E-state index is -0.192. The van der Waals surface area contributed by atoms with Gasteiger partial charge in [0.2, 0.25) is 0 Å². The molecule has 1 aliphatic rings. The van der Waals surface area contributed by atoms with E-state index in [2.05, 4.69) is 11.8 Å². The quantitative estimate of drug-likeness (QED) is 0.901. The van der Waals surface area contributed by atoms with E-state index in [9.17, 15) is 4.39 Å². The van der Waals surface area contributed by atoms with Crippen LogP contribution >= 0.6 is 0 Å². The molecule has 1 fully saturated rings. The molecule has 112 valence electrons. The molecule has 1 saturated heterocycles. The Morgan fingerprint density at radius 3 is 2.65 bits per heavy atom. The Kier molecular flexibility index (Phi) is 5.52. The van der Waals surface area contributed by atoms with Gasteiger partial charge < -0.3 is 10.5 Å². The number of hydrogen-bond donors (Lipinski definition) is 1. The Morgan fingerprint density at radius 2 is 2.10 bits per heavy atom. The summed E-state index contributed by atoms with van der Waals surface area (Å²) in [5, 5.41) is 0. The number of rotatable bonds is 5. The molecule has 2 unspecified atom stereocenters. The first-order valence-electron chi connectivity index (χ1n) is 7.43. The largest absolute Gasteiger partial charge is 0.381 e. The highest BCUT2D eigenvalue weighted by Crippen LogP contribution is 2.29. The summed E-state index contributed by atoms with van der Waals surface area (Å²) < 4.78 is 18.9. The third-order valence-corrected chi connectivity index (χ3v) is 4.27. The second-order valence-corrected chi connectivity index (χ2v) is 5.54. The molecule has 1 heterocycles. The summed E-state index contributed by atoms with van der Waals surface area (Å²) in [6, 6.07) is 6.95. The van der Waals surface area contributed by atoms with Crippen LogP contribution in [0.5, 0.6) is 0 Å². The van der Waals surface area contributed by atoms with Gasteiger partial charge >= 0.3 is 0 Å². The molecule has 1 aliphatic heterocycles. The molecule has 0 aromatic heterocycles. The second-order valence-electron chi connectivity index (χ2n) is 5.54. The highest BCUT2D eigenvalue weighted by Gasteiger charge is 2.29. The molecule has 0 radical (unpaired) electrons. The van der Waals surface area contributed by atoms with E-state index in [0.717, 1.165) is 37.9 Å². The monoisotopic (exact) mass is 280 g/mol. The molecule has 0 spiro atoms. The summed E-state index contributed by atoms with van der Waals surface area (Å²) in [7, 11) is 1.77. The van der Waals surface area contributed by atoms with E-state index in [4.69, 9.17) is 10.5 Å². The van der Waals surface area contributed by atoms with E-state index in [0.29, 0.717) is 6.10 Å². The molecule has 3 nitrogen and oxygen atoms in total. The van der Waals surface area contributed by atoms with Crippen LogP contribution in [0.15, 0.2) is 24.3 Å². The van der Waals surface area contributed by atoms with Crippen LogP contribution in [0, 0.1) is 5.82 Å². The third-order valence-electron chi connectivity index (χ3n) is 4.27. The Hall–Kier alpha value is -0.970. The molecular weight excluding hydrogens is 255 g/mol. The predicted molar refractivity (Wildman–Crippen MR) is 79.0 cm³/mol. The molecule has 2 N–H and O–H groups in total. The zero-order valence-corrected chi connectivity index (χ0v) is 12.4. The third kappa shape index (κ3) is 3.57. The van der Waals surface area contributed by atoms with Crippen molar-refractivity contribution in [3.05, 3.63) is 35.6 Å². The van der Waals surface area contributed by atoms with Gasteiger partial charge in [0.15, 0.2) is 0 Å². The number of halogens is 1. The van der Waals surface area contributed by atoms with Crippen molar-refractivity contribution in [2.24, 2.45) is 5.73 Å². The number of benzene rings is 1. The molecule has 0 saturated carbocycles. The average molecular weight is 280 g/mol. The average Bonchev–Trinajstić information content (AvgIpc) is 2.48. The lowest BCUT2D eigenvalue weighted by Crippen LogP contribution is -2.45. The number of piperidine rings is 1. The van der Waals surface area contributed by atoms with Crippen LogP contribution in [0.2, 0.25) is 0 Å². The molecule has 1 aromatic carbocycles. The van der Waals surface area contributed by atoms with Gasteiger partial charge in [0.05, 0.1) is 6.10 Å². The van der Waals surface area contributed by atoms with Crippen molar-refractivity contribution < 1.29 is 9.13 Å². The lowest BCUT2D eigenvalue weighted by Gasteiger charge is -2.40. The molecule has 0 amide bonds. The molecule has 20 heavy (non-hydrogen) atoms. The summed E-state index contributed by atoms with van der Waals surface area (Å²) in [4.78, 5) is 2.37. The fraction of sp³-hybridized carbons (Fsp3) is 0.625. The van der Waals surface area contributed by atoms with Gasteiger partial charge in [-0.25, -0.2) is 4.39 Å². The molecule has 2 rings (SSSR count). The van der Waals surface area contributed by atoms with Crippen LogP contribution in [0.4, 0.5) is 4.39 Å². The maximum atomic E-state index is 13.5. The number of ether oxygens (including phenoxy) is 1. The lowest BCUT2D eigenvalue weighted by atomic mass is 9.93. The van der Waals surface area contributed by atoms with Gasteiger partial charge in [0.1, 0.15) is 5.82 Å². The number of hydrogen-bond acceptors (Lipinski definition) is 3. The van der Waals surface area contributed by atoms with Gasteiger partial charge in [-0.05, 0) is 37.0 Å². The number of methoxy groups -OCH3 is 1. The lowest BCUT2D eigenvalue weighted by molar-refractivity contribution is 0.0222. The van der Waals surface area contributed by atoms with Crippen LogP contribution in [0.1, 0.15) is 37.8 Å². The van der Waals surface area contributed by atoms with Crippen molar-refractivity contribution in [1.29, 1.82) is 0 Å². The van der Waals surface area contributed by atoms with Gasteiger partial charge in [-0.3, -0.25) is 4.90 Å². The first-order chi connectivity index (χ1) is 9.65. The second kappa shape index (κ2) is 7.16. The summed E-state index contributed by atoms with van der Waals surface area (Å²) in [6.07, 6.45) is 3.25. The van der Waals surface area contributed by atoms with Crippen molar-refractivity contribution in [1.82, 2.24) is 4.90 Å². The first-order valence-corrected chi connectivity index (χ1v) is 7.43. The normalized spacial score (nSPS) is 20.8. The van der Waals surface area contributed by atoms with E-state index >= 15 is 0 Å². The Balaban J connectivity index is 2.16. The number of likely N-dealkylation sites (tertiary alicyclic amines) is 1. The predicted octanol–water partition coefficient (Wildman–Crippen LogP) is 2.71. The van der Waals surface area contributed by atoms with Gasteiger partial charge in [0, 0.05) is 32.3 Å². The zero-order chi connectivity index (χ0) is 14.5. The van der Waals surface area contributed by atoms with Crippen LogP contribution in [-0.2, 0) is 4.74 Å². The van der Waals surface area contributed by atoms with Gasteiger partial charge in [0.25, 0.3) is 0 Å². The minimum Gasteiger partial charge on any atom is -0.381 e. The topological polar surface area (TPSA) is 38.5 Å². The molecular formula is C16H25FN2O. The fourth-order valence-corrected chi connectivity index (χ4v) is 3.03. The Morgan fingerprint density at radius 1 is 1.40 bits per heavy atom. The zero-order valence-electron chi connectivity index (χ0n) is 12.4. The van der Waals surface area contributed by atoms with Crippen molar-refractivity contribution in [3.63, 3.8) is 0 Å². The highest BCUT2D eigenvalue weighted by molar-refractivity contribution is 5.22. The van der Waals surface area contributed by atoms with E-state index in [1.807, 2.05) is 6.07 Å². The standard InChI is InChI=1S/C16H25FN2O/c1-3-15(18)16(12-5-4-6-13(17)11-12)19-9-7-14(20-2)8-10-19/h4-6,11,14-16H,3,7-10,18H2,1-2H3. The molecule has 4 heteroatoms. The maximum Gasteiger partial charge on any atom is 0.123 e. The summed E-state index contributed by atoms with van der Waals surface area (Å²) in [5.74, 6) is -0.192. The minimum absolute atomic E-state index is 0.0240. The van der Waals surface area contributed by atoms with Gasteiger partial charge in [-0.2, -0.15) is 0 Å². The molecule has 2 atom stereocenters. The van der Waals surface area contributed by atoms with Crippen LogP contribution < -0.4 is 5.73 Å². The smallest absolute Gasteiger partial charge is 0.123 e. The highest BCUT2D eigenvalue weighted by atomic mass is 19.1. The fourth-order valence-electron chi connectivity index (χ4n) is 3.03. The van der Waals surface area contributed by atoms with Gasteiger partial charge in [-0.15, -0.1) is 0 Å². The van der Waals surface area contributed by atoms with Crippen LogP contribution in [0.25, 0.3) is 0 Å². The summed E-state index contributed by atoms with van der Waals surface area (Å²) in [6.45, 7) is 3.99. The summed E-state index contributed by atoms with van der Waals surface area (Å²) in [5.41, 5.74) is 7.28. The van der Waals surface area contributed by atoms with E-state index in [-0.39, 0.29) is 17.9 Å². The van der Waals surface area contributed by atoms with Crippen molar-refractivity contribution in [2.75, 3.05) is 20.2 Å². The van der Waals surface area contributed by atoms with Gasteiger partial charge in [-0.1, -0.05) is 19.1 Å². The van der Waals surface area contributed by atoms with Crippen LogP contribution in [-0.4, -0.2) is 37.2 Å². The Bertz CT molecular complexity index is 419. The van der Waals surface area contributed by atoms with Crippen molar-refractivity contribution >= 4 is 0 Å². The summed E-state index contributed by atoms with van der Waals surface area (Å²) >= 11 is 0. The number of nitrogens with zero attached hydrogens (tertiary/aromatic N) is 1. The Labute approximate surface area is 120 Å². The van der Waals surface area contributed by atoms with E-state index in [1.165, 1.54) is 6.07 Å². The van der Waals surface area contributed by atoms with Crippen LogP contribution in [0.3, 0.4) is 0 Å².